The second-order valence-electron chi connectivity index (χ2n) is 7.89. The van der Waals surface area contributed by atoms with Gasteiger partial charge in [-0.25, -0.2) is 9.18 Å². The maximum absolute atomic E-state index is 13.3. The van der Waals surface area contributed by atoms with Crippen LogP contribution in [0.3, 0.4) is 0 Å². The van der Waals surface area contributed by atoms with Gasteiger partial charge < -0.3 is 4.74 Å². The van der Waals surface area contributed by atoms with E-state index >= 15 is 0 Å². The van der Waals surface area contributed by atoms with Crippen molar-refractivity contribution in [1.29, 1.82) is 0 Å². The average Bonchev–Trinajstić information content (AvgIpc) is 3.14. The van der Waals surface area contributed by atoms with Gasteiger partial charge in [0.25, 0.3) is 0 Å². The van der Waals surface area contributed by atoms with Crippen LogP contribution in [-0.2, 0) is 11.2 Å². The molecule has 134 valence electrons. The third-order valence-electron chi connectivity index (χ3n) is 4.96. The van der Waals surface area contributed by atoms with Gasteiger partial charge in [-0.1, -0.05) is 36.4 Å². The van der Waals surface area contributed by atoms with E-state index in [0.717, 1.165) is 11.1 Å². The molecule has 5 heteroatoms. The summed E-state index contributed by atoms with van der Waals surface area (Å²) in [6.07, 6.45) is -0.0727. The zero-order valence-corrected chi connectivity index (χ0v) is 15.0. The first-order chi connectivity index (χ1) is 12.2. The van der Waals surface area contributed by atoms with Gasteiger partial charge >= 0.3 is 6.09 Å². The number of hydrogen-bond donors (Lipinski definition) is 0. The summed E-state index contributed by atoms with van der Waals surface area (Å²) < 4.78 is 18.9. The number of nitrogens with zero attached hydrogens (tertiary/aromatic N) is 1. The minimum Gasteiger partial charge on any atom is -0.444 e. The van der Waals surface area contributed by atoms with E-state index in [2.05, 4.69) is 0 Å². The normalized spacial score (nSPS) is 23.9. The van der Waals surface area contributed by atoms with Gasteiger partial charge in [-0.3, -0.25) is 9.69 Å². The zero-order valence-electron chi connectivity index (χ0n) is 15.0. The van der Waals surface area contributed by atoms with Crippen molar-refractivity contribution in [3.63, 3.8) is 0 Å². The molecule has 1 amide bonds. The molecule has 1 aliphatic carbocycles. The van der Waals surface area contributed by atoms with E-state index in [1.807, 2.05) is 18.2 Å². The van der Waals surface area contributed by atoms with Crippen LogP contribution in [0, 0.1) is 5.82 Å². The first kappa shape index (κ1) is 16.8. The number of ketones is 1. The van der Waals surface area contributed by atoms with Crippen LogP contribution in [0.2, 0.25) is 0 Å². The quantitative estimate of drug-likeness (QED) is 0.718. The van der Waals surface area contributed by atoms with Crippen molar-refractivity contribution >= 4 is 11.9 Å². The lowest BCUT2D eigenvalue weighted by Crippen LogP contribution is -2.33. The average molecular weight is 353 g/mol. The molecule has 0 N–H and O–H groups in total. The van der Waals surface area contributed by atoms with Gasteiger partial charge in [-0.15, -0.1) is 0 Å². The maximum atomic E-state index is 13.3. The van der Waals surface area contributed by atoms with Gasteiger partial charge in [0.1, 0.15) is 17.0 Å². The number of hydrogen-bond acceptors (Lipinski definition) is 3. The Morgan fingerprint density at radius 1 is 1.15 bits per heavy atom. The van der Waals surface area contributed by atoms with Crippen molar-refractivity contribution in [2.24, 2.45) is 0 Å². The van der Waals surface area contributed by atoms with Gasteiger partial charge in [0, 0.05) is 12.0 Å². The number of amides is 1. The Labute approximate surface area is 151 Å². The number of Topliss-reactive ketones (excluding diaryl/α,β-unsaturated/α-hetero) is 1. The van der Waals surface area contributed by atoms with Crippen molar-refractivity contribution in [2.75, 3.05) is 0 Å². The summed E-state index contributed by atoms with van der Waals surface area (Å²) in [6.45, 7) is 5.37. The monoisotopic (exact) mass is 353 g/mol. The van der Waals surface area contributed by atoms with Crippen LogP contribution in [0.4, 0.5) is 9.18 Å². The van der Waals surface area contributed by atoms with Crippen LogP contribution >= 0.6 is 0 Å². The molecule has 0 unspecified atom stereocenters. The van der Waals surface area contributed by atoms with Crippen LogP contribution < -0.4 is 0 Å². The molecule has 2 atom stereocenters. The third-order valence-corrected chi connectivity index (χ3v) is 4.96. The molecule has 0 bridgehead atoms. The lowest BCUT2D eigenvalue weighted by Gasteiger charge is -2.21. The van der Waals surface area contributed by atoms with Crippen molar-refractivity contribution in [3.05, 3.63) is 71.0 Å². The Kier molecular flexibility index (Phi) is 3.48. The summed E-state index contributed by atoms with van der Waals surface area (Å²) in [7, 11) is 0. The predicted octanol–water partition coefficient (Wildman–Crippen LogP) is 4.30. The molecular formula is C21H20FNO3. The Balaban J connectivity index is 1.75. The first-order valence-corrected chi connectivity index (χ1v) is 8.64. The predicted molar refractivity (Wildman–Crippen MR) is 94.4 cm³/mol. The molecule has 2 aromatic rings. The van der Waals surface area contributed by atoms with Crippen molar-refractivity contribution in [2.45, 2.75) is 44.4 Å². The molecule has 1 heterocycles. The molecule has 1 fully saturated rings. The fourth-order valence-corrected chi connectivity index (χ4v) is 3.90. The highest BCUT2D eigenvalue weighted by molar-refractivity contribution is 6.13. The van der Waals surface area contributed by atoms with Gasteiger partial charge in [0.2, 0.25) is 0 Å². The van der Waals surface area contributed by atoms with E-state index in [1.165, 1.54) is 17.0 Å². The van der Waals surface area contributed by atoms with Crippen LogP contribution in [-0.4, -0.2) is 27.9 Å². The van der Waals surface area contributed by atoms with E-state index in [1.54, 1.807) is 39.0 Å². The zero-order chi connectivity index (χ0) is 18.7. The minimum absolute atomic E-state index is 0.0757. The lowest BCUT2D eigenvalue weighted by molar-refractivity contribution is 0.0364. The summed E-state index contributed by atoms with van der Waals surface area (Å²) >= 11 is 0. The molecule has 1 saturated heterocycles. The maximum Gasteiger partial charge on any atom is 0.411 e. The number of ether oxygens (including phenoxy) is 1. The van der Waals surface area contributed by atoms with E-state index in [0.29, 0.717) is 12.0 Å². The van der Waals surface area contributed by atoms with E-state index in [4.69, 9.17) is 4.74 Å². The summed E-state index contributed by atoms with van der Waals surface area (Å²) in [6, 6.07) is 12.9. The van der Waals surface area contributed by atoms with E-state index < -0.39 is 23.3 Å². The highest BCUT2D eigenvalue weighted by Gasteiger charge is 2.73. The van der Waals surface area contributed by atoms with Crippen molar-refractivity contribution in [1.82, 2.24) is 4.90 Å². The Morgan fingerprint density at radius 2 is 1.81 bits per heavy atom. The molecule has 0 saturated carbocycles. The number of carbonyl (C=O) groups is 2. The fourth-order valence-electron chi connectivity index (χ4n) is 3.90. The number of halogens is 1. The second kappa shape index (κ2) is 5.40. The van der Waals surface area contributed by atoms with Crippen LogP contribution in [0.1, 0.15) is 48.3 Å². The van der Waals surface area contributed by atoms with Crippen molar-refractivity contribution < 1.29 is 18.7 Å². The summed E-state index contributed by atoms with van der Waals surface area (Å²) in [5, 5.41) is 0. The SMILES string of the molecule is CC(C)(C)OC(=O)N1[C@@H](c2ccc(F)cc2)[C@@]12Cc1ccccc1C2=O. The molecule has 26 heavy (non-hydrogen) atoms. The summed E-state index contributed by atoms with van der Waals surface area (Å²) in [5.74, 6) is -0.429. The van der Waals surface area contributed by atoms with Gasteiger partial charge in [-0.2, -0.15) is 0 Å². The Morgan fingerprint density at radius 3 is 2.42 bits per heavy atom. The molecule has 0 radical (unpaired) electrons. The standard InChI is InChI=1S/C21H20FNO3/c1-20(2,3)26-19(25)23-17(13-8-10-15(22)11-9-13)21(23)12-14-6-4-5-7-16(14)18(21)24/h4-11,17H,12H2,1-3H3/t17-,21+,23?/m0/s1. The minimum atomic E-state index is -0.968. The van der Waals surface area contributed by atoms with E-state index in [-0.39, 0.29) is 11.6 Å². The van der Waals surface area contributed by atoms with Crippen molar-refractivity contribution in [3.8, 4) is 0 Å². The molecule has 4 rings (SSSR count). The first-order valence-electron chi connectivity index (χ1n) is 8.64. The number of fused-ring (bicyclic) bond motifs is 1. The smallest absolute Gasteiger partial charge is 0.411 e. The van der Waals surface area contributed by atoms with Gasteiger partial charge in [0.15, 0.2) is 5.78 Å². The Hall–Kier alpha value is -2.69. The third kappa shape index (κ3) is 2.42. The van der Waals surface area contributed by atoms with E-state index in [9.17, 15) is 14.0 Å². The molecule has 0 aromatic heterocycles. The topological polar surface area (TPSA) is 46.4 Å². The van der Waals surface area contributed by atoms with Crippen LogP contribution in [0.25, 0.3) is 0 Å². The van der Waals surface area contributed by atoms with Gasteiger partial charge in [-0.05, 0) is 44.0 Å². The molecular weight excluding hydrogens is 333 g/mol. The number of carbonyl (C=O) groups excluding carboxylic acids is 2. The largest absolute Gasteiger partial charge is 0.444 e. The highest BCUT2D eigenvalue weighted by Crippen LogP contribution is 2.60. The van der Waals surface area contributed by atoms with Crippen LogP contribution in [0.5, 0.6) is 0 Å². The number of rotatable bonds is 1. The second-order valence-corrected chi connectivity index (χ2v) is 7.89. The van der Waals surface area contributed by atoms with Gasteiger partial charge in [0.05, 0.1) is 6.04 Å². The highest BCUT2D eigenvalue weighted by atomic mass is 19.1. The summed E-state index contributed by atoms with van der Waals surface area (Å²) in [4.78, 5) is 27.5. The molecule has 2 aromatic carbocycles. The number of benzene rings is 2. The Bertz CT molecular complexity index is 900. The molecule has 4 nitrogen and oxygen atoms in total. The lowest BCUT2D eigenvalue weighted by atomic mass is 9.95. The fraction of sp³-hybridized carbons (Fsp3) is 0.333. The molecule has 1 spiro atoms. The molecule has 2 aliphatic rings. The molecule has 1 aliphatic heterocycles. The van der Waals surface area contributed by atoms with Crippen LogP contribution in [0.15, 0.2) is 48.5 Å². The summed E-state index contributed by atoms with van der Waals surface area (Å²) in [5.41, 5.74) is 0.673.